The summed E-state index contributed by atoms with van der Waals surface area (Å²) in [6.45, 7) is 6.75. The van der Waals surface area contributed by atoms with Gasteiger partial charge in [-0.1, -0.05) is 62.6 Å². The van der Waals surface area contributed by atoms with Crippen molar-refractivity contribution in [2.45, 2.75) is 70.4 Å². The van der Waals surface area contributed by atoms with Gasteiger partial charge in [-0.15, -0.1) is 0 Å². The smallest absolute Gasteiger partial charge is 0.242 e. The summed E-state index contributed by atoms with van der Waals surface area (Å²) in [5, 5.41) is 3.54. The summed E-state index contributed by atoms with van der Waals surface area (Å²) in [6.07, 6.45) is 3.63. The van der Waals surface area contributed by atoms with Gasteiger partial charge in [0.25, 0.3) is 0 Å². The van der Waals surface area contributed by atoms with E-state index in [1.54, 1.807) is 43.0 Å². The van der Waals surface area contributed by atoms with E-state index in [0.717, 1.165) is 30.4 Å². The molecule has 0 aliphatic carbocycles. The second-order valence-electron chi connectivity index (χ2n) is 8.47. The fraction of sp³-hybridized carbons (Fsp3) is 0.462. The van der Waals surface area contributed by atoms with Gasteiger partial charge in [0.15, 0.2) is 0 Å². The molecule has 2 amide bonds. The molecule has 0 saturated carbocycles. The number of sulfonamides is 1. The lowest BCUT2D eigenvalue weighted by atomic mass is 10.1. The number of unbranched alkanes of at least 4 members (excludes halogenated alkanes) is 2. The van der Waals surface area contributed by atoms with Gasteiger partial charge in [-0.3, -0.25) is 9.59 Å². The molecular weight excluding hydrogens is 486 g/mol. The topological polar surface area (TPSA) is 95.6 Å². The number of carbonyl (C=O) groups is 2. The van der Waals surface area contributed by atoms with Gasteiger partial charge in [-0.2, -0.15) is 0 Å². The molecule has 0 spiro atoms. The van der Waals surface area contributed by atoms with Crippen LogP contribution in [0.15, 0.2) is 53.4 Å². The van der Waals surface area contributed by atoms with E-state index in [1.807, 2.05) is 12.1 Å². The normalized spacial score (nSPS) is 12.2. The zero-order valence-electron chi connectivity index (χ0n) is 20.7. The predicted molar refractivity (Wildman–Crippen MR) is 140 cm³/mol. The molecule has 2 aromatic rings. The lowest BCUT2D eigenvalue weighted by Crippen LogP contribution is -2.47. The van der Waals surface area contributed by atoms with Crippen molar-refractivity contribution in [3.05, 3.63) is 64.7 Å². The molecule has 0 radical (unpaired) electrons. The predicted octanol–water partition coefficient (Wildman–Crippen LogP) is 4.29. The number of nitrogens with one attached hydrogen (secondary N) is 2. The minimum Gasteiger partial charge on any atom is -0.354 e. The van der Waals surface area contributed by atoms with Crippen LogP contribution < -0.4 is 10.0 Å². The Morgan fingerprint density at radius 3 is 2.20 bits per heavy atom. The molecule has 35 heavy (non-hydrogen) atoms. The van der Waals surface area contributed by atoms with Crippen molar-refractivity contribution in [1.82, 2.24) is 14.9 Å². The highest BCUT2D eigenvalue weighted by Gasteiger charge is 2.25. The Kier molecular flexibility index (Phi) is 11.7. The largest absolute Gasteiger partial charge is 0.354 e. The van der Waals surface area contributed by atoms with E-state index < -0.39 is 16.1 Å². The number of amides is 2. The molecule has 0 aromatic heterocycles. The molecular formula is C26H36ClN3O4S. The van der Waals surface area contributed by atoms with Crippen LogP contribution in [0.3, 0.4) is 0 Å². The van der Waals surface area contributed by atoms with Crippen molar-refractivity contribution in [3.8, 4) is 0 Å². The Hall–Kier alpha value is -2.42. The number of benzene rings is 2. The maximum Gasteiger partial charge on any atom is 0.242 e. The van der Waals surface area contributed by atoms with E-state index in [2.05, 4.69) is 17.0 Å². The first-order valence-electron chi connectivity index (χ1n) is 12.1. The van der Waals surface area contributed by atoms with Crippen LogP contribution in [0, 0.1) is 0 Å². The first-order chi connectivity index (χ1) is 16.7. The molecule has 0 bridgehead atoms. The lowest BCUT2D eigenvalue weighted by molar-refractivity contribution is -0.140. The van der Waals surface area contributed by atoms with Gasteiger partial charge in [0.05, 0.1) is 4.90 Å². The summed E-state index contributed by atoms with van der Waals surface area (Å²) in [7, 11) is -3.52. The van der Waals surface area contributed by atoms with Gasteiger partial charge in [0.2, 0.25) is 21.8 Å². The summed E-state index contributed by atoms with van der Waals surface area (Å²) < 4.78 is 26.7. The van der Waals surface area contributed by atoms with Crippen LogP contribution in [-0.4, -0.2) is 44.3 Å². The molecule has 2 N–H and O–H groups in total. The molecule has 1 atom stereocenters. The SMILES string of the molecule is CCCCCNC(=O)[C@@H](C)N(Cc1ccc(Cl)cc1)C(=O)CCc1ccc(S(=O)(=O)NCC)cc1. The maximum atomic E-state index is 13.2. The molecule has 0 aliphatic rings. The van der Waals surface area contributed by atoms with Crippen LogP contribution in [0.25, 0.3) is 0 Å². The fourth-order valence-electron chi connectivity index (χ4n) is 3.61. The van der Waals surface area contributed by atoms with E-state index in [1.165, 1.54) is 12.1 Å². The molecule has 7 nitrogen and oxygen atoms in total. The van der Waals surface area contributed by atoms with Crippen LogP contribution in [0.5, 0.6) is 0 Å². The number of halogens is 1. The molecule has 0 saturated heterocycles. The molecule has 0 heterocycles. The first kappa shape index (κ1) is 28.8. The summed E-state index contributed by atoms with van der Waals surface area (Å²) in [5.74, 6) is -0.332. The van der Waals surface area contributed by atoms with Crippen molar-refractivity contribution >= 4 is 33.4 Å². The highest BCUT2D eigenvalue weighted by Crippen LogP contribution is 2.17. The second kappa shape index (κ2) is 14.2. The van der Waals surface area contributed by atoms with Gasteiger partial charge in [0.1, 0.15) is 6.04 Å². The van der Waals surface area contributed by atoms with E-state index >= 15 is 0 Å². The third-order valence-electron chi connectivity index (χ3n) is 5.71. The van der Waals surface area contributed by atoms with Gasteiger partial charge in [0, 0.05) is 31.1 Å². The first-order valence-corrected chi connectivity index (χ1v) is 13.9. The van der Waals surface area contributed by atoms with E-state index in [4.69, 9.17) is 11.6 Å². The minimum atomic E-state index is -3.52. The number of rotatable bonds is 14. The number of nitrogens with zero attached hydrogens (tertiary/aromatic N) is 1. The minimum absolute atomic E-state index is 0.152. The highest BCUT2D eigenvalue weighted by atomic mass is 35.5. The van der Waals surface area contributed by atoms with E-state index in [0.29, 0.717) is 31.1 Å². The van der Waals surface area contributed by atoms with Gasteiger partial charge >= 0.3 is 0 Å². The Morgan fingerprint density at radius 2 is 1.60 bits per heavy atom. The monoisotopic (exact) mass is 521 g/mol. The quantitative estimate of drug-likeness (QED) is 0.362. The molecule has 192 valence electrons. The Labute approximate surface area is 214 Å². The van der Waals surface area contributed by atoms with Crippen molar-refractivity contribution in [2.24, 2.45) is 0 Å². The van der Waals surface area contributed by atoms with Gasteiger partial charge in [-0.05, 0) is 55.2 Å². The molecule has 0 fully saturated rings. The molecule has 0 unspecified atom stereocenters. The second-order valence-corrected chi connectivity index (χ2v) is 10.7. The van der Waals surface area contributed by atoms with Crippen molar-refractivity contribution in [3.63, 3.8) is 0 Å². The van der Waals surface area contributed by atoms with Crippen molar-refractivity contribution < 1.29 is 18.0 Å². The van der Waals surface area contributed by atoms with E-state index in [9.17, 15) is 18.0 Å². The van der Waals surface area contributed by atoms with Gasteiger partial charge < -0.3 is 10.2 Å². The maximum absolute atomic E-state index is 13.2. The summed E-state index contributed by atoms with van der Waals surface area (Å²) in [4.78, 5) is 27.8. The molecule has 9 heteroatoms. The zero-order chi connectivity index (χ0) is 25.8. The Morgan fingerprint density at radius 1 is 0.971 bits per heavy atom. The van der Waals surface area contributed by atoms with Crippen LogP contribution in [-0.2, 0) is 32.6 Å². The average Bonchev–Trinajstić information content (AvgIpc) is 2.84. The van der Waals surface area contributed by atoms with Crippen LogP contribution in [0.4, 0.5) is 0 Å². The standard InChI is InChI=1S/C26H36ClN3O4S/c1-4-6-7-18-28-26(32)20(3)30(19-22-8-13-23(27)14-9-22)25(31)17-12-21-10-15-24(16-11-21)35(33,34)29-5-2/h8-11,13-16,20,29H,4-7,12,17-19H2,1-3H3,(H,28,32)/t20-/m1/s1. The average molecular weight is 522 g/mol. The molecule has 2 aromatic carbocycles. The number of aryl methyl sites for hydroxylation is 1. The van der Waals surface area contributed by atoms with Crippen molar-refractivity contribution in [1.29, 1.82) is 0 Å². The summed E-state index contributed by atoms with van der Waals surface area (Å²) in [6, 6.07) is 13.1. The highest BCUT2D eigenvalue weighted by molar-refractivity contribution is 7.89. The van der Waals surface area contributed by atoms with Crippen molar-refractivity contribution in [2.75, 3.05) is 13.1 Å². The Balaban J connectivity index is 2.09. The third kappa shape index (κ3) is 9.28. The third-order valence-corrected chi connectivity index (χ3v) is 7.52. The summed E-state index contributed by atoms with van der Waals surface area (Å²) >= 11 is 5.99. The lowest BCUT2D eigenvalue weighted by Gasteiger charge is -2.29. The van der Waals surface area contributed by atoms with Crippen LogP contribution >= 0.6 is 11.6 Å². The van der Waals surface area contributed by atoms with Crippen LogP contribution in [0.2, 0.25) is 5.02 Å². The van der Waals surface area contributed by atoms with Crippen LogP contribution in [0.1, 0.15) is 57.6 Å². The Bertz CT molecular complexity index is 1060. The van der Waals surface area contributed by atoms with Gasteiger partial charge in [-0.25, -0.2) is 13.1 Å². The number of hydrogen-bond acceptors (Lipinski definition) is 4. The number of hydrogen-bond donors (Lipinski definition) is 2. The molecule has 0 aliphatic heterocycles. The fourth-order valence-corrected chi connectivity index (χ4v) is 4.77. The molecule has 2 rings (SSSR count). The number of carbonyl (C=O) groups excluding carboxylic acids is 2. The zero-order valence-corrected chi connectivity index (χ0v) is 22.3. The van der Waals surface area contributed by atoms with E-state index in [-0.39, 0.29) is 23.1 Å². The summed E-state index contributed by atoms with van der Waals surface area (Å²) in [5.41, 5.74) is 1.73.